The summed E-state index contributed by atoms with van der Waals surface area (Å²) in [6, 6.07) is 23.4. The molecule has 3 aromatic rings. The van der Waals surface area contributed by atoms with Gasteiger partial charge in [-0.05, 0) is 35.4 Å². The molecule has 0 unspecified atom stereocenters. The molecule has 1 atom stereocenters. The van der Waals surface area contributed by atoms with E-state index in [1.165, 1.54) is 0 Å². The van der Waals surface area contributed by atoms with Gasteiger partial charge in [0.15, 0.2) is 11.5 Å². The third-order valence-electron chi connectivity index (χ3n) is 4.93. The van der Waals surface area contributed by atoms with E-state index in [1.54, 1.807) is 0 Å². The monoisotopic (exact) mass is 358 g/mol. The smallest absolute Gasteiger partial charge is 0.258 e. The summed E-state index contributed by atoms with van der Waals surface area (Å²) in [5, 5.41) is 3.51. The highest BCUT2D eigenvalue weighted by Gasteiger charge is 2.33. The molecule has 0 aromatic heterocycles. The highest BCUT2D eigenvalue weighted by Crippen LogP contribution is 2.39. The maximum atomic E-state index is 13.3. The molecule has 5 nitrogen and oxygen atoms in total. The number of carbonyl (C=O) groups is 1. The van der Waals surface area contributed by atoms with Gasteiger partial charge in [-0.3, -0.25) is 4.79 Å². The number of para-hydroxylation sites is 1. The minimum Gasteiger partial charge on any atom is -0.454 e. The average molecular weight is 358 g/mol. The van der Waals surface area contributed by atoms with Crippen LogP contribution in [0.1, 0.15) is 27.7 Å². The van der Waals surface area contributed by atoms with Gasteiger partial charge in [0.1, 0.15) is 6.17 Å². The fourth-order valence-electron chi connectivity index (χ4n) is 3.58. The van der Waals surface area contributed by atoms with E-state index >= 15 is 0 Å². The molecule has 0 spiro atoms. The fourth-order valence-corrected chi connectivity index (χ4v) is 3.58. The van der Waals surface area contributed by atoms with Crippen molar-refractivity contribution in [3.05, 3.63) is 89.5 Å². The molecule has 2 heterocycles. The van der Waals surface area contributed by atoms with Crippen LogP contribution in [0.4, 0.5) is 5.69 Å². The molecular formula is C22H18N2O3. The predicted octanol–water partition coefficient (Wildman–Crippen LogP) is 4.18. The van der Waals surface area contributed by atoms with Crippen LogP contribution >= 0.6 is 0 Å². The number of fused-ring (bicyclic) bond motifs is 2. The number of nitrogens with zero attached hydrogens (tertiary/aromatic N) is 1. The summed E-state index contributed by atoms with van der Waals surface area (Å²) in [4.78, 5) is 15.1. The van der Waals surface area contributed by atoms with Gasteiger partial charge in [-0.25, -0.2) is 0 Å². The van der Waals surface area contributed by atoms with Crippen molar-refractivity contribution >= 4 is 11.6 Å². The summed E-state index contributed by atoms with van der Waals surface area (Å²) in [6.07, 6.45) is -0.290. The lowest BCUT2D eigenvalue weighted by molar-refractivity contribution is 0.0666. The van der Waals surface area contributed by atoms with Gasteiger partial charge in [0, 0.05) is 12.2 Å². The zero-order valence-electron chi connectivity index (χ0n) is 14.6. The topological polar surface area (TPSA) is 50.8 Å². The van der Waals surface area contributed by atoms with Crippen molar-refractivity contribution in [1.29, 1.82) is 0 Å². The second-order valence-electron chi connectivity index (χ2n) is 6.62. The Morgan fingerprint density at radius 3 is 2.59 bits per heavy atom. The lowest BCUT2D eigenvalue weighted by atomic mass is 10.0. The zero-order valence-corrected chi connectivity index (χ0v) is 14.6. The fraction of sp³-hybridized carbons (Fsp3) is 0.136. The second-order valence-corrected chi connectivity index (χ2v) is 6.62. The van der Waals surface area contributed by atoms with Gasteiger partial charge in [-0.2, -0.15) is 0 Å². The summed E-state index contributed by atoms with van der Waals surface area (Å²) in [6.45, 7) is 0.743. The van der Waals surface area contributed by atoms with E-state index < -0.39 is 0 Å². The normalized spacial score (nSPS) is 17.4. The Hall–Kier alpha value is -3.47. The molecule has 1 amide bonds. The molecule has 5 rings (SSSR count). The van der Waals surface area contributed by atoms with E-state index in [9.17, 15) is 4.79 Å². The van der Waals surface area contributed by atoms with Crippen LogP contribution in [-0.4, -0.2) is 17.6 Å². The summed E-state index contributed by atoms with van der Waals surface area (Å²) in [7, 11) is 0. The molecule has 0 radical (unpaired) electrons. The predicted molar refractivity (Wildman–Crippen MR) is 102 cm³/mol. The van der Waals surface area contributed by atoms with Crippen molar-refractivity contribution in [1.82, 2.24) is 4.90 Å². The van der Waals surface area contributed by atoms with Gasteiger partial charge in [0.25, 0.3) is 5.91 Å². The third-order valence-corrected chi connectivity index (χ3v) is 4.93. The number of rotatable bonds is 3. The molecule has 5 heteroatoms. The molecule has 2 aliphatic rings. The number of ether oxygens (including phenoxy) is 2. The van der Waals surface area contributed by atoms with Crippen LogP contribution < -0.4 is 14.8 Å². The molecule has 134 valence electrons. The quantitative estimate of drug-likeness (QED) is 0.763. The number of benzene rings is 3. The Bertz CT molecular complexity index is 1000. The van der Waals surface area contributed by atoms with E-state index in [1.807, 2.05) is 77.7 Å². The SMILES string of the molecule is O=C1c2ccccc2N[C@H](c2ccc3c(c2)OCO3)N1Cc1ccccc1. The molecule has 0 saturated heterocycles. The maximum absolute atomic E-state index is 13.3. The molecule has 3 aromatic carbocycles. The number of hydrogen-bond acceptors (Lipinski definition) is 4. The van der Waals surface area contributed by atoms with Crippen LogP contribution in [0.3, 0.4) is 0 Å². The Morgan fingerprint density at radius 1 is 0.926 bits per heavy atom. The van der Waals surface area contributed by atoms with Crippen molar-refractivity contribution < 1.29 is 14.3 Å². The average Bonchev–Trinajstić information content (AvgIpc) is 3.19. The Morgan fingerprint density at radius 2 is 1.70 bits per heavy atom. The van der Waals surface area contributed by atoms with Crippen LogP contribution in [0, 0.1) is 0 Å². The van der Waals surface area contributed by atoms with Crippen molar-refractivity contribution in [2.75, 3.05) is 12.1 Å². The summed E-state index contributed by atoms with van der Waals surface area (Å²) >= 11 is 0. The lowest BCUT2D eigenvalue weighted by Gasteiger charge is -2.38. The van der Waals surface area contributed by atoms with Gasteiger partial charge in [0.05, 0.1) is 5.56 Å². The molecule has 0 aliphatic carbocycles. The van der Waals surface area contributed by atoms with Crippen LogP contribution in [0.5, 0.6) is 11.5 Å². The van der Waals surface area contributed by atoms with E-state index in [0.29, 0.717) is 17.9 Å². The number of amides is 1. The van der Waals surface area contributed by atoms with E-state index in [0.717, 1.165) is 22.6 Å². The van der Waals surface area contributed by atoms with Gasteiger partial charge in [-0.15, -0.1) is 0 Å². The first-order chi connectivity index (χ1) is 13.3. The largest absolute Gasteiger partial charge is 0.454 e. The van der Waals surface area contributed by atoms with E-state index in [-0.39, 0.29) is 18.9 Å². The van der Waals surface area contributed by atoms with Gasteiger partial charge < -0.3 is 19.7 Å². The molecule has 27 heavy (non-hydrogen) atoms. The zero-order chi connectivity index (χ0) is 18.2. The van der Waals surface area contributed by atoms with Gasteiger partial charge >= 0.3 is 0 Å². The van der Waals surface area contributed by atoms with E-state index in [2.05, 4.69) is 5.32 Å². The summed E-state index contributed by atoms with van der Waals surface area (Å²) in [5.41, 5.74) is 3.57. The Kier molecular flexibility index (Phi) is 3.71. The van der Waals surface area contributed by atoms with Crippen LogP contribution in [0.2, 0.25) is 0 Å². The summed E-state index contributed by atoms with van der Waals surface area (Å²) < 4.78 is 10.9. The van der Waals surface area contributed by atoms with Crippen molar-refractivity contribution in [2.45, 2.75) is 12.7 Å². The first-order valence-electron chi connectivity index (χ1n) is 8.89. The Balaban J connectivity index is 1.57. The molecule has 0 bridgehead atoms. The van der Waals surface area contributed by atoms with Crippen molar-refractivity contribution in [3.63, 3.8) is 0 Å². The molecule has 2 aliphatic heterocycles. The number of anilines is 1. The Labute approximate surface area is 157 Å². The molecular weight excluding hydrogens is 340 g/mol. The van der Waals surface area contributed by atoms with Crippen molar-refractivity contribution in [2.24, 2.45) is 0 Å². The number of carbonyl (C=O) groups excluding carboxylic acids is 1. The minimum absolute atomic E-state index is 0.0101. The van der Waals surface area contributed by atoms with Gasteiger partial charge in [-0.1, -0.05) is 48.5 Å². The standard InChI is InChI=1S/C22H18N2O3/c25-22-17-8-4-5-9-18(17)23-21(24(22)13-15-6-2-1-3-7-15)16-10-11-19-20(12-16)27-14-26-19/h1-12,21,23H,13-14H2/t21-/m0/s1. The van der Waals surface area contributed by atoms with Crippen LogP contribution in [0.25, 0.3) is 0 Å². The molecule has 1 N–H and O–H groups in total. The van der Waals surface area contributed by atoms with Crippen LogP contribution in [0.15, 0.2) is 72.8 Å². The van der Waals surface area contributed by atoms with Crippen LogP contribution in [-0.2, 0) is 6.54 Å². The maximum Gasteiger partial charge on any atom is 0.258 e. The highest BCUT2D eigenvalue weighted by molar-refractivity contribution is 6.01. The first kappa shape index (κ1) is 15.8. The lowest BCUT2D eigenvalue weighted by Crippen LogP contribution is -2.42. The van der Waals surface area contributed by atoms with Gasteiger partial charge in [0.2, 0.25) is 6.79 Å². The molecule has 0 fully saturated rings. The van der Waals surface area contributed by atoms with Crippen molar-refractivity contribution in [3.8, 4) is 11.5 Å². The minimum atomic E-state index is -0.290. The second kappa shape index (κ2) is 6.36. The number of hydrogen-bond donors (Lipinski definition) is 1. The molecule has 0 saturated carbocycles. The first-order valence-corrected chi connectivity index (χ1v) is 8.89. The van der Waals surface area contributed by atoms with E-state index in [4.69, 9.17) is 9.47 Å². The number of nitrogens with one attached hydrogen (secondary N) is 1. The third kappa shape index (κ3) is 2.77. The highest BCUT2D eigenvalue weighted by atomic mass is 16.7. The summed E-state index contributed by atoms with van der Waals surface area (Å²) in [5.74, 6) is 1.45.